The molecule has 1 saturated carbocycles. The van der Waals surface area contributed by atoms with E-state index in [0.29, 0.717) is 0 Å². The summed E-state index contributed by atoms with van der Waals surface area (Å²) in [5, 5.41) is 8.94. The van der Waals surface area contributed by atoms with Crippen LogP contribution in [-0.4, -0.2) is 10.2 Å². The van der Waals surface area contributed by atoms with Crippen molar-refractivity contribution in [2.75, 3.05) is 0 Å². The Morgan fingerprint density at radius 3 is 2.11 bits per heavy atom. The van der Waals surface area contributed by atoms with E-state index in [1.54, 1.807) is 0 Å². The van der Waals surface area contributed by atoms with Gasteiger partial charge in [0.05, 0.1) is 11.4 Å². The highest BCUT2D eigenvalue weighted by molar-refractivity contribution is 5.58. The highest BCUT2D eigenvalue weighted by Crippen LogP contribution is 2.34. The maximum Gasteiger partial charge on any atom is 0.0929 e. The second kappa shape index (κ2) is 10.6. The van der Waals surface area contributed by atoms with Crippen molar-refractivity contribution < 1.29 is 0 Å². The van der Waals surface area contributed by atoms with Crippen molar-refractivity contribution in [3.63, 3.8) is 0 Å². The molecular weight excluding hydrogens is 328 g/mol. The van der Waals surface area contributed by atoms with Gasteiger partial charge < -0.3 is 0 Å². The molecule has 1 heterocycles. The fourth-order valence-corrected chi connectivity index (χ4v) is 4.39. The number of nitrogens with zero attached hydrogens (tertiary/aromatic N) is 2. The summed E-state index contributed by atoms with van der Waals surface area (Å²) in [5.74, 6) is 1.90. The SMILES string of the molecule is CCCCCCC1CCC(CCc2ccc(-c3ccc(C)cc3)nn2)CC1. The Morgan fingerprint density at radius 2 is 1.48 bits per heavy atom. The van der Waals surface area contributed by atoms with Gasteiger partial charge in [-0.3, -0.25) is 0 Å². The van der Waals surface area contributed by atoms with Gasteiger partial charge in [0, 0.05) is 5.56 Å². The minimum atomic E-state index is 0.899. The average Bonchev–Trinajstić information content (AvgIpc) is 2.72. The molecule has 0 amide bonds. The van der Waals surface area contributed by atoms with E-state index < -0.39 is 0 Å². The molecule has 0 aliphatic heterocycles. The van der Waals surface area contributed by atoms with E-state index in [-0.39, 0.29) is 0 Å². The first kappa shape index (κ1) is 20.0. The van der Waals surface area contributed by atoms with Gasteiger partial charge in [-0.15, -0.1) is 0 Å². The fraction of sp³-hybridized carbons (Fsp3) is 0.600. The monoisotopic (exact) mass is 364 g/mol. The molecule has 0 spiro atoms. The normalized spacial score (nSPS) is 19.9. The molecule has 2 aromatic rings. The number of hydrogen-bond acceptors (Lipinski definition) is 2. The van der Waals surface area contributed by atoms with Crippen LogP contribution in [0.5, 0.6) is 0 Å². The van der Waals surface area contributed by atoms with E-state index in [1.807, 2.05) is 0 Å². The van der Waals surface area contributed by atoms with E-state index in [0.717, 1.165) is 35.2 Å². The molecule has 1 aliphatic rings. The fourth-order valence-electron chi connectivity index (χ4n) is 4.39. The number of hydrogen-bond donors (Lipinski definition) is 0. The van der Waals surface area contributed by atoms with Crippen molar-refractivity contribution in [2.24, 2.45) is 11.8 Å². The third-order valence-corrected chi connectivity index (χ3v) is 6.31. The molecule has 1 fully saturated rings. The van der Waals surface area contributed by atoms with Gasteiger partial charge in [-0.2, -0.15) is 10.2 Å². The Labute approximate surface area is 165 Å². The summed E-state index contributed by atoms with van der Waals surface area (Å²) in [6.07, 6.45) is 15.2. The Balaban J connectivity index is 1.39. The van der Waals surface area contributed by atoms with E-state index in [4.69, 9.17) is 0 Å². The van der Waals surface area contributed by atoms with Gasteiger partial charge in [0.15, 0.2) is 0 Å². The first-order chi connectivity index (χ1) is 13.2. The van der Waals surface area contributed by atoms with Crippen LogP contribution in [-0.2, 0) is 6.42 Å². The number of rotatable bonds is 9. The third kappa shape index (κ3) is 6.45. The summed E-state index contributed by atoms with van der Waals surface area (Å²) < 4.78 is 0. The van der Waals surface area contributed by atoms with Crippen LogP contribution in [0.2, 0.25) is 0 Å². The number of aromatic nitrogens is 2. The molecule has 0 radical (unpaired) electrons. The zero-order chi connectivity index (χ0) is 18.9. The summed E-state index contributed by atoms with van der Waals surface area (Å²) >= 11 is 0. The van der Waals surface area contributed by atoms with Gasteiger partial charge in [-0.25, -0.2) is 0 Å². The van der Waals surface area contributed by atoms with Crippen LogP contribution < -0.4 is 0 Å². The zero-order valence-electron chi connectivity index (χ0n) is 17.3. The lowest BCUT2D eigenvalue weighted by Gasteiger charge is -2.28. The quantitative estimate of drug-likeness (QED) is 0.441. The van der Waals surface area contributed by atoms with Gasteiger partial charge in [-0.1, -0.05) is 94.5 Å². The number of benzene rings is 1. The Kier molecular flexibility index (Phi) is 7.86. The summed E-state index contributed by atoms with van der Waals surface area (Å²) in [5.41, 5.74) is 4.55. The first-order valence-corrected chi connectivity index (χ1v) is 11.1. The zero-order valence-corrected chi connectivity index (χ0v) is 17.3. The summed E-state index contributed by atoms with van der Waals surface area (Å²) in [7, 11) is 0. The molecule has 2 heteroatoms. The van der Waals surface area contributed by atoms with Crippen molar-refractivity contribution in [3.05, 3.63) is 47.7 Å². The van der Waals surface area contributed by atoms with Crippen molar-refractivity contribution in [1.82, 2.24) is 10.2 Å². The van der Waals surface area contributed by atoms with Crippen LogP contribution in [0.15, 0.2) is 36.4 Å². The molecule has 1 aromatic carbocycles. The molecule has 0 saturated heterocycles. The largest absolute Gasteiger partial charge is 0.155 e. The van der Waals surface area contributed by atoms with Crippen LogP contribution in [0, 0.1) is 18.8 Å². The molecule has 1 aliphatic carbocycles. The van der Waals surface area contributed by atoms with E-state index in [2.05, 4.69) is 60.4 Å². The molecule has 3 rings (SSSR count). The molecular formula is C25H36N2. The van der Waals surface area contributed by atoms with Crippen molar-refractivity contribution in [3.8, 4) is 11.3 Å². The lowest BCUT2D eigenvalue weighted by molar-refractivity contribution is 0.248. The van der Waals surface area contributed by atoms with Crippen LogP contribution in [0.1, 0.15) is 82.4 Å². The molecule has 27 heavy (non-hydrogen) atoms. The van der Waals surface area contributed by atoms with Crippen molar-refractivity contribution in [2.45, 2.75) is 84.5 Å². The highest BCUT2D eigenvalue weighted by Gasteiger charge is 2.20. The molecule has 0 N–H and O–H groups in total. The van der Waals surface area contributed by atoms with Crippen LogP contribution in [0.4, 0.5) is 0 Å². The summed E-state index contributed by atoms with van der Waals surface area (Å²) in [6.45, 7) is 4.41. The van der Waals surface area contributed by atoms with Crippen molar-refractivity contribution in [1.29, 1.82) is 0 Å². The number of unbranched alkanes of at least 4 members (excludes halogenated alkanes) is 3. The van der Waals surface area contributed by atoms with Crippen LogP contribution in [0.25, 0.3) is 11.3 Å². The molecule has 1 aromatic heterocycles. The summed E-state index contributed by atoms with van der Waals surface area (Å²) in [6, 6.07) is 12.8. The van der Waals surface area contributed by atoms with E-state index in [1.165, 1.54) is 69.8 Å². The smallest absolute Gasteiger partial charge is 0.0929 e. The topological polar surface area (TPSA) is 25.8 Å². The van der Waals surface area contributed by atoms with Crippen LogP contribution >= 0.6 is 0 Å². The first-order valence-electron chi connectivity index (χ1n) is 11.1. The predicted molar refractivity (Wildman–Crippen MR) is 115 cm³/mol. The summed E-state index contributed by atoms with van der Waals surface area (Å²) in [4.78, 5) is 0. The number of aryl methyl sites for hydroxylation is 2. The van der Waals surface area contributed by atoms with Crippen LogP contribution in [0.3, 0.4) is 0 Å². The van der Waals surface area contributed by atoms with Gasteiger partial charge in [0.1, 0.15) is 0 Å². The van der Waals surface area contributed by atoms with Gasteiger partial charge >= 0.3 is 0 Å². The molecule has 0 atom stereocenters. The Bertz CT molecular complexity index is 652. The minimum absolute atomic E-state index is 0.899. The van der Waals surface area contributed by atoms with Gasteiger partial charge in [-0.05, 0) is 43.7 Å². The molecule has 2 nitrogen and oxygen atoms in total. The highest BCUT2D eigenvalue weighted by atomic mass is 15.1. The third-order valence-electron chi connectivity index (χ3n) is 6.31. The average molecular weight is 365 g/mol. The standard InChI is InChI=1S/C25H36N2/c1-3-4-5-6-7-21-10-12-22(13-11-21)14-17-24-18-19-25(27-26-24)23-15-8-20(2)9-16-23/h8-9,15-16,18-19,21-22H,3-7,10-14,17H2,1-2H3. The lowest BCUT2D eigenvalue weighted by Crippen LogP contribution is -2.15. The second-order valence-corrected chi connectivity index (χ2v) is 8.55. The van der Waals surface area contributed by atoms with Gasteiger partial charge in [0.2, 0.25) is 0 Å². The predicted octanol–water partition coefficient (Wildman–Crippen LogP) is 7.16. The molecule has 0 unspecified atom stereocenters. The minimum Gasteiger partial charge on any atom is -0.155 e. The Hall–Kier alpha value is -1.70. The van der Waals surface area contributed by atoms with Gasteiger partial charge in [0.25, 0.3) is 0 Å². The van der Waals surface area contributed by atoms with Crippen molar-refractivity contribution >= 4 is 0 Å². The maximum absolute atomic E-state index is 4.48. The Morgan fingerprint density at radius 1 is 0.778 bits per heavy atom. The second-order valence-electron chi connectivity index (χ2n) is 8.55. The molecule has 0 bridgehead atoms. The van der Waals surface area contributed by atoms with E-state index in [9.17, 15) is 0 Å². The lowest BCUT2D eigenvalue weighted by atomic mass is 9.78. The molecule has 146 valence electrons. The maximum atomic E-state index is 4.48. The van der Waals surface area contributed by atoms with E-state index >= 15 is 0 Å².